The molecular weight excluding hydrogens is 289 g/mol. The molecule has 17 heavy (non-hydrogen) atoms. The Labute approximate surface area is 108 Å². The standard InChI is InChI=1S/C12H15BrFNO2/c1-12(2,15)6-7-5-8-11(9(13)10(7)14)17-4-3-16-8/h5H,3-4,6,15H2,1-2H3. The summed E-state index contributed by atoms with van der Waals surface area (Å²) in [5.74, 6) is 0.684. The van der Waals surface area contributed by atoms with E-state index in [-0.39, 0.29) is 5.82 Å². The van der Waals surface area contributed by atoms with Crippen molar-refractivity contribution in [1.82, 2.24) is 0 Å². The summed E-state index contributed by atoms with van der Waals surface area (Å²) in [6.45, 7) is 4.64. The van der Waals surface area contributed by atoms with E-state index in [1.807, 2.05) is 13.8 Å². The van der Waals surface area contributed by atoms with Crippen LogP contribution in [0.15, 0.2) is 10.5 Å². The van der Waals surface area contributed by atoms with Crippen molar-refractivity contribution in [3.8, 4) is 11.5 Å². The second-order valence-corrected chi connectivity index (χ2v) is 5.65. The lowest BCUT2D eigenvalue weighted by molar-refractivity contribution is 0.169. The summed E-state index contributed by atoms with van der Waals surface area (Å²) in [6.07, 6.45) is 0.439. The Balaban J connectivity index is 2.44. The molecular formula is C12H15BrFNO2. The predicted molar refractivity (Wildman–Crippen MR) is 67.1 cm³/mol. The molecule has 0 spiro atoms. The Kier molecular flexibility index (Phi) is 3.32. The fraction of sp³-hybridized carbons (Fsp3) is 0.500. The smallest absolute Gasteiger partial charge is 0.178 e. The Morgan fingerprint density at radius 3 is 2.71 bits per heavy atom. The maximum atomic E-state index is 14.1. The van der Waals surface area contributed by atoms with Crippen molar-refractivity contribution in [2.24, 2.45) is 5.73 Å². The van der Waals surface area contributed by atoms with E-state index in [1.165, 1.54) is 0 Å². The first-order valence-electron chi connectivity index (χ1n) is 5.44. The molecule has 5 heteroatoms. The monoisotopic (exact) mass is 303 g/mol. The highest BCUT2D eigenvalue weighted by Gasteiger charge is 2.24. The summed E-state index contributed by atoms with van der Waals surface area (Å²) >= 11 is 3.20. The molecule has 0 radical (unpaired) electrons. The molecule has 0 fully saturated rings. The van der Waals surface area contributed by atoms with Crippen molar-refractivity contribution in [2.45, 2.75) is 25.8 Å². The minimum absolute atomic E-state index is 0.314. The summed E-state index contributed by atoms with van der Waals surface area (Å²) in [6, 6.07) is 1.67. The SMILES string of the molecule is CC(C)(N)Cc1cc2c(c(Br)c1F)OCCO2. The van der Waals surface area contributed by atoms with Gasteiger partial charge in [0.15, 0.2) is 11.5 Å². The fourth-order valence-corrected chi connectivity index (χ4v) is 2.36. The lowest BCUT2D eigenvalue weighted by atomic mass is 9.95. The number of hydrogen-bond donors (Lipinski definition) is 1. The maximum absolute atomic E-state index is 14.1. The van der Waals surface area contributed by atoms with Gasteiger partial charge in [-0.3, -0.25) is 0 Å². The number of fused-ring (bicyclic) bond motifs is 1. The van der Waals surface area contributed by atoms with Gasteiger partial charge in [0, 0.05) is 5.54 Å². The molecule has 2 N–H and O–H groups in total. The number of rotatable bonds is 2. The molecule has 3 nitrogen and oxygen atoms in total. The van der Waals surface area contributed by atoms with Crippen LogP contribution in [-0.2, 0) is 6.42 Å². The molecule has 0 bridgehead atoms. The molecule has 1 aliphatic rings. The van der Waals surface area contributed by atoms with Crippen LogP contribution in [0, 0.1) is 5.82 Å². The third kappa shape index (κ3) is 2.72. The lowest BCUT2D eigenvalue weighted by Gasteiger charge is -2.24. The summed E-state index contributed by atoms with van der Waals surface area (Å²) < 4.78 is 25.2. The topological polar surface area (TPSA) is 44.5 Å². The predicted octanol–water partition coefficient (Wildman–Crippen LogP) is 2.64. The fourth-order valence-electron chi connectivity index (χ4n) is 1.79. The molecule has 2 rings (SSSR count). The van der Waals surface area contributed by atoms with E-state index in [2.05, 4.69) is 15.9 Å². The van der Waals surface area contributed by atoms with Crippen LogP contribution in [0.25, 0.3) is 0 Å². The van der Waals surface area contributed by atoms with E-state index in [1.54, 1.807) is 6.07 Å². The molecule has 1 aromatic rings. The second kappa shape index (κ2) is 4.46. The van der Waals surface area contributed by atoms with Gasteiger partial charge in [-0.25, -0.2) is 4.39 Å². The van der Waals surface area contributed by atoms with E-state index >= 15 is 0 Å². The van der Waals surface area contributed by atoms with E-state index < -0.39 is 5.54 Å². The number of nitrogens with two attached hydrogens (primary N) is 1. The summed E-state index contributed by atoms with van der Waals surface area (Å²) in [4.78, 5) is 0. The first-order chi connectivity index (χ1) is 7.88. The van der Waals surface area contributed by atoms with Crippen LogP contribution in [0.5, 0.6) is 11.5 Å². The largest absolute Gasteiger partial charge is 0.486 e. The summed E-state index contributed by atoms with van der Waals surface area (Å²) in [5, 5.41) is 0. The van der Waals surface area contributed by atoms with Crippen LogP contribution in [0.4, 0.5) is 4.39 Å². The Morgan fingerprint density at radius 1 is 1.41 bits per heavy atom. The number of ether oxygens (including phenoxy) is 2. The van der Waals surface area contributed by atoms with E-state index in [0.717, 1.165) is 0 Å². The zero-order valence-corrected chi connectivity index (χ0v) is 11.4. The van der Waals surface area contributed by atoms with E-state index in [4.69, 9.17) is 15.2 Å². The highest BCUT2D eigenvalue weighted by molar-refractivity contribution is 9.10. The van der Waals surface area contributed by atoms with Crippen molar-refractivity contribution in [1.29, 1.82) is 0 Å². The van der Waals surface area contributed by atoms with Gasteiger partial charge in [0.1, 0.15) is 19.0 Å². The summed E-state index contributed by atoms with van der Waals surface area (Å²) in [5.41, 5.74) is 5.98. The van der Waals surface area contributed by atoms with Gasteiger partial charge in [-0.1, -0.05) is 0 Å². The molecule has 1 heterocycles. The third-order valence-electron chi connectivity index (χ3n) is 2.44. The quantitative estimate of drug-likeness (QED) is 0.913. The molecule has 0 aromatic heterocycles. The normalized spacial score (nSPS) is 14.9. The van der Waals surface area contributed by atoms with Gasteiger partial charge in [-0.05, 0) is 47.8 Å². The van der Waals surface area contributed by atoms with Crippen LogP contribution < -0.4 is 15.2 Å². The Bertz CT molecular complexity index is 443. The molecule has 0 atom stereocenters. The van der Waals surface area contributed by atoms with Gasteiger partial charge in [0.25, 0.3) is 0 Å². The third-order valence-corrected chi connectivity index (χ3v) is 3.14. The second-order valence-electron chi connectivity index (χ2n) is 4.85. The van der Waals surface area contributed by atoms with Crippen molar-refractivity contribution < 1.29 is 13.9 Å². The first-order valence-corrected chi connectivity index (χ1v) is 6.23. The van der Waals surface area contributed by atoms with Gasteiger partial charge >= 0.3 is 0 Å². The summed E-state index contributed by atoms with van der Waals surface area (Å²) in [7, 11) is 0. The maximum Gasteiger partial charge on any atom is 0.178 e. The van der Waals surface area contributed by atoms with Crippen LogP contribution in [0.1, 0.15) is 19.4 Å². The number of halogens is 2. The van der Waals surface area contributed by atoms with Crippen molar-refractivity contribution in [3.05, 3.63) is 21.9 Å². The van der Waals surface area contributed by atoms with Crippen LogP contribution in [-0.4, -0.2) is 18.8 Å². The molecule has 1 aromatic carbocycles. The van der Waals surface area contributed by atoms with Crippen molar-refractivity contribution in [3.63, 3.8) is 0 Å². The average Bonchev–Trinajstić information content (AvgIpc) is 2.24. The molecule has 0 unspecified atom stereocenters. The highest BCUT2D eigenvalue weighted by atomic mass is 79.9. The highest BCUT2D eigenvalue weighted by Crippen LogP contribution is 2.41. The molecule has 1 aliphatic heterocycles. The van der Waals surface area contributed by atoms with Crippen LogP contribution >= 0.6 is 15.9 Å². The van der Waals surface area contributed by atoms with Crippen molar-refractivity contribution in [2.75, 3.05) is 13.2 Å². The Hall–Kier alpha value is -0.810. The molecule has 94 valence electrons. The van der Waals surface area contributed by atoms with Crippen LogP contribution in [0.2, 0.25) is 0 Å². The van der Waals surface area contributed by atoms with Gasteiger partial charge in [-0.15, -0.1) is 0 Å². The van der Waals surface area contributed by atoms with E-state index in [0.29, 0.717) is 41.2 Å². The number of hydrogen-bond acceptors (Lipinski definition) is 3. The minimum atomic E-state index is -0.468. The number of benzene rings is 1. The van der Waals surface area contributed by atoms with Gasteiger partial charge in [-0.2, -0.15) is 0 Å². The van der Waals surface area contributed by atoms with E-state index in [9.17, 15) is 4.39 Å². The average molecular weight is 304 g/mol. The molecule has 0 saturated heterocycles. The minimum Gasteiger partial charge on any atom is -0.486 e. The van der Waals surface area contributed by atoms with Gasteiger partial charge in [0.05, 0.1) is 4.47 Å². The van der Waals surface area contributed by atoms with Crippen molar-refractivity contribution >= 4 is 15.9 Å². The van der Waals surface area contributed by atoms with Gasteiger partial charge < -0.3 is 15.2 Å². The Morgan fingerprint density at radius 2 is 2.06 bits per heavy atom. The molecule has 0 amide bonds. The molecule has 0 aliphatic carbocycles. The first kappa shape index (κ1) is 12.6. The molecule has 0 saturated carbocycles. The zero-order chi connectivity index (χ0) is 12.6. The zero-order valence-electron chi connectivity index (χ0n) is 9.85. The lowest BCUT2D eigenvalue weighted by Crippen LogP contribution is -2.34. The van der Waals surface area contributed by atoms with Crippen LogP contribution in [0.3, 0.4) is 0 Å². The van der Waals surface area contributed by atoms with Gasteiger partial charge in [0.2, 0.25) is 0 Å².